The molecule has 1 aromatic carbocycles. The largest absolute Gasteiger partial charge is 0.463 e. The first-order valence-corrected chi connectivity index (χ1v) is 10.9. The number of ether oxygens (including phenoxy) is 1. The van der Waals surface area contributed by atoms with Crippen LogP contribution in [-0.2, 0) is 4.79 Å². The van der Waals surface area contributed by atoms with Crippen molar-refractivity contribution in [3.8, 4) is 10.9 Å². The van der Waals surface area contributed by atoms with E-state index in [1.54, 1.807) is 19.2 Å². The van der Waals surface area contributed by atoms with Gasteiger partial charge >= 0.3 is 0 Å². The highest BCUT2D eigenvalue weighted by atomic mass is 32.1. The van der Waals surface area contributed by atoms with Crippen LogP contribution in [0.4, 0.5) is 0 Å². The van der Waals surface area contributed by atoms with Crippen molar-refractivity contribution in [2.75, 3.05) is 13.1 Å². The summed E-state index contributed by atoms with van der Waals surface area (Å²) < 4.78 is 12.5. The maximum Gasteiger partial charge on any atom is 0.281 e. The SMILES string of the molecule is CC(=O)N1C[C@@H]2C[C@H]1CN2C(=O)c1coc2cc(Oc3nc4ncccc4s3)ccc12. The van der Waals surface area contributed by atoms with Crippen LogP contribution in [0.15, 0.2) is 47.2 Å². The van der Waals surface area contributed by atoms with Gasteiger partial charge in [-0.15, -0.1) is 0 Å². The Morgan fingerprint density at radius 1 is 1.19 bits per heavy atom. The normalized spacial score (nSPS) is 20.2. The maximum atomic E-state index is 13.2. The lowest BCUT2D eigenvalue weighted by molar-refractivity contribution is -0.130. The number of fused-ring (bicyclic) bond motifs is 4. The Labute approximate surface area is 181 Å². The first-order chi connectivity index (χ1) is 15.1. The summed E-state index contributed by atoms with van der Waals surface area (Å²) in [6, 6.07) is 9.40. The van der Waals surface area contributed by atoms with Crippen LogP contribution in [0.2, 0.25) is 0 Å². The predicted octanol–water partition coefficient (Wildman–Crippen LogP) is 3.68. The van der Waals surface area contributed by atoms with E-state index >= 15 is 0 Å². The van der Waals surface area contributed by atoms with Gasteiger partial charge in [0.15, 0.2) is 5.65 Å². The molecule has 8 nitrogen and oxygen atoms in total. The van der Waals surface area contributed by atoms with Crippen molar-refractivity contribution in [1.82, 2.24) is 19.8 Å². The summed E-state index contributed by atoms with van der Waals surface area (Å²) in [5, 5.41) is 1.24. The molecule has 2 bridgehead atoms. The number of amides is 2. The number of likely N-dealkylation sites (tertiary alicyclic amines) is 2. The predicted molar refractivity (Wildman–Crippen MR) is 114 cm³/mol. The van der Waals surface area contributed by atoms with Gasteiger partial charge in [0.05, 0.1) is 22.3 Å². The molecule has 6 rings (SSSR count). The molecule has 0 spiro atoms. The molecule has 31 heavy (non-hydrogen) atoms. The monoisotopic (exact) mass is 434 g/mol. The molecule has 2 atom stereocenters. The third-order valence-corrected chi connectivity index (χ3v) is 6.92. The Morgan fingerprint density at radius 3 is 2.81 bits per heavy atom. The zero-order chi connectivity index (χ0) is 21.1. The molecule has 0 saturated carbocycles. The average molecular weight is 434 g/mol. The second-order valence-corrected chi connectivity index (χ2v) is 8.88. The Bertz CT molecular complexity index is 1310. The molecular formula is C22H18N4O4S. The van der Waals surface area contributed by atoms with Crippen LogP contribution >= 0.6 is 11.3 Å². The first-order valence-electron chi connectivity index (χ1n) is 10.1. The molecule has 2 fully saturated rings. The van der Waals surface area contributed by atoms with Crippen molar-refractivity contribution in [2.24, 2.45) is 0 Å². The maximum absolute atomic E-state index is 13.2. The molecule has 0 unspecified atom stereocenters. The topological polar surface area (TPSA) is 88.8 Å². The number of nitrogens with zero attached hydrogens (tertiary/aromatic N) is 4. The van der Waals surface area contributed by atoms with Crippen LogP contribution in [0, 0.1) is 0 Å². The van der Waals surface area contributed by atoms with Crippen LogP contribution in [-0.4, -0.2) is 56.8 Å². The fourth-order valence-electron chi connectivity index (χ4n) is 4.59. The second-order valence-electron chi connectivity index (χ2n) is 7.89. The van der Waals surface area contributed by atoms with Gasteiger partial charge in [-0.3, -0.25) is 9.59 Å². The summed E-state index contributed by atoms with van der Waals surface area (Å²) in [4.78, 5) is 37.2. The van der Waals surface area contributed by atoms with E-state index in [1.807, 2.05) is 34.1 Å². The van der Waals surface area contributed by atoms with Crippen LogP contribution in [0.25, 0.3) is 21.3 Å². The lowest BCUT2D eigenvalue weighted by Gasteiger charge is -2.33. The first kappa shape index (κ1) is 18.3. The number of carbonyl (C=O) groups is 2. The number of aromatic nitrogens is 2. The third kappa shape index (κ3) is 2.96. The van der Waals surface area contributed by atoms with Crippen molar-refractivity contribution in [2.45, 2.75) is 25.4 Å². The van der Waals surface area contributed by atoms with E-state index in [0.717, 1.165) is 16.5 Å². The zero-order valence-electron chi connectivity index (χ0n) is 16.6. The van der Waals surface area contributed by atoms with E-state index in [4.69, 9.17) is 9.15 Å². The molecule has 5 heterocycles. The van der Waals surface area contributed by atoms with E-state index < -0.39 is 0 Å². The molecule has 0 N–H and O–H groups in total. The Balaban J connectivity index is 1.24. The molecular weight excluding hydrogens is 416 g/mol. The average Bonchev–Trinajstić information content (AvgIpc) is 3.53. The fraction of sp³-hybridized carbons (Fsp3) is 0.273. The number of piperazine rings is 1. The van der Waals surface area contributed by atoms with E-state index in [-0.39, 0.29) is 23.9 Å². The van der Waals surface area contributed by atoms with Crippen molar-refractivity contribution in [3.63, 3.8) is 0 Å². The van der Waals surface area contributed by atoms with Gasteiger partial charge in [0.2, 0.25) is 5.91 Å². The molecule has 2 aliphatic heterocycles. The van der Waals surface area contributed by atoms with Gasteiger partial charge in [-0.25, -0.2) is 4.98 Å². The van der Waals surface area contributed by atoms with Crippen molar-refractivity contribution in [3.05, 3.63) is 48.4 Å². The minimum Gasteiger partial charge on any atom is -0.463 e. The summed E-state index contributed by atoms with van der Waals surface area (Å²) in [6.45, 7) is 2.76. The van der Waals surface area contributed by atoms with Crippen LogP contribution in [0.5, 0.6) is 10.9 Å². The minimum atomic E-state index is -0.0552. The van der Waals surface area contributed by atoms with Gasteiger partial charge in [0.1, 0.15) is 17.6 Å². The van der Waals surface area contributed by atoms with E-state index in [9.17, 15) is 9.59 Å². The molecule has 3 aromatic heterocycles. The summed E-state index contributed by atoms with van der Waals surface area (Å²) in [6.07, 6.45) is 4.05. The molecule has 156 valence electrons. The highest BCUT2D eigenvalue weighted by Gasteiger charge is 2.46. The van der Waals surface area contributed by atoms with E-state index in [0.29, 0.717) is 40.8 Å². The molecule has 9 heteroatoms. The number of pyridine rings is 1. The fourth-order valence-corrected chi connectivity index (χ4v) is 5.38. The molecule has 2 aliphatic rings. The number of carbonyl (C=O) groups excluding carboxylic acids is 2. The Hall–Kier alpha value is -3.46. The smallest absolute Gasteiger partial charge is 0.281 e. The lowest BCUT2D eigenvalue weighted by atomic mass is 10.1. The summed E-state index contributed by atoms with van der Waals surface area (Å²) in [5.41, 5.74) is 1.76. The van der Waals surface area contributed by atoms with Gasteiger partial charge in [-0.05, 0) is 30.7 Å². The number of thiazole rings is 1. The molecule has 2 amide bonds. The van der Waals surface area contributed by atoms with Gasteiger partial charge in [-0.2, -0.15) is 4.98 Å². The van der Waals surface area contributed by atoms with Crippen LogP contribution in [0.1, 0.15) is 23.7 Å². The molecule has 4 aromatic rings. The van der Waals surface area contributed by atoms with Gasteiger partial charge < -0.3 is 19.0 Å². The van der Waals surface area contributed by atoms with Crippen molar-refractivity contribution in [1.29, 1.82) is 0 Å². The zero-order valence-corrected chi connectivity index (χ0v) is 17.5. The number of rotatable bonds is 3. The van der Waals surface area contributed by atoms with Gasteiger partial charge in [0, 0.05) is 37.7 Å². The Kier molecular flexibility index (Phi) is 4.01. The number of hydrogen-bond acceptors (Lipinski definition) is 7. The van der Waals surface area contributed by atoms with Crippen LogP contribution in [0.3, 0.4) is 0 Å². The number of furan rings is 1. The summed E-state index contributed by atoms with van der Waals surface area (Å²) >= 11 is 1.42. The summed E-state index contributed by atoms with van der Waals surface area (Å²) in [5.74, 6) is 0.599. The minimum absolute atomic E-state index is 0.0552. The standard InChI is InChI=1S/C22H18N4O4S/c1-12(27)25-9-14-7-13(25)10-26(14)21(28)17-11-29-18-8-15(4-5-16(17)18)30-22-24-20-19(31-22)3-2-6-23-20/h2-6,8,11,13-14H,7,9-10H2,1H3/t13-,14-/m0/s1. The highest BCUT2D eigenvalue weighted by molar-refractivity contribution is 7.20. The lowest BCUT2D eigenvalue weighted by Crippen LogP contribution is -2.50. The Morgan fingerprint density at radius 2 is 2.03 bits per heavy atom. The van der Waals surface area contributed by atoms with Gasteiger partial charge in [-0.1, -0.05) is 11.3 Å². The van der Waals surface area contributed by atoms with E-state index in [2.05, 4.69) is 9.97 Å². The summed E-state index contributed by atoms with van der Waals surface area (Å²) in [7, 11) is 0. The molecule has 2 saturated heterocycles. The highest BCUT2D eigenvalue weighted by Crippen LogP contribution is 2.35. The second kappa shape index (κ2) is 6.78. The van der Waals surface area contributed by atoms with Crippen molar-refractivity contribution >= 4 is 44.5 Å². The van der Waals surface area contributed by atoms with E-state index in [1.165, 1.54) is 17.6 Å². The number of benzene rings is 1. The number of hydrogen-bond donors (Lipinski definition) is 0. The third-order valence-electron chi connectivity index (χ3n) is 6.03. The van der Waals surface area contributed by atoms with Crippen LogP contribution < -0.4 is 4.74 Å². The van der Waals surface area contributed by atoms with Crippen molar-refractivity contribution < 1.29 is 18.7 Å². The molecule has 0 radical (unpaired) electrons. The quantitative estimate of drug-likeness (QED) is 0.489. The molecule has 0 aliphatic carbocycles. The van der Waals surface area contributed by atoms with Gasteiger partial charge in [0.25, 0.3) is 11.1 Å².